The summed E-state index contributed by atoms with van der Waals surface area (Å²) >= 11 is 0. The topological polar surface area (TPSA) is 29.5 Å². The van der Waals surface area contributed by atoms with Crippen LogP contribution in [0.25, 0.3) is 0 Å². The highest BCUT2D eigenvalue weighted by atomic mass is 16.6. The van der Waals surface area contributed by atoms with Crippen LogP contribution in [0.4, 0.5) is 4.79 Å². The van der Waals surface area contributed by atoms with Crippen LogP contribution in [0.2, 0.25) is 0 Å². The molecule has 1 aliphatic heterocycles. The number of hydrogen-bond acceptors (Lipinski definition) is 2. The normalized spacial score (nSPS) is 24.9. The molecule has 1 atom stereocenters. The highest BCUT2D eigenvalue weighted by molar-refractivity contribution is 5.68. The Morgan fingerprint density at radius 3 is 2.61 bits per heavy atom. The van der Waals surface area contributed by atoms with Crippen LogP contribution in [-0.4, -0.2) is 29.7 Å². The van der Waals surface area contributed by atoms with Crippen molar-refractivity contribution in [3.63, 3.8) is 0 Å². The minimum absolute atomic E-state index is 0.122. The van der Waals surface area contributed by atoms with Gasteiger partial charge in [-0.15, -0.1) is 0 Å². The number of rotatable bonds is 2. The van der Waals surface area contributed by atoms with Gasteiger partial charge >= 0.3 is 6.09 Å². The lowest BCUT2D eigenvalue weighted by Crippen LogP contribution is -2.41. The Hall–Kier alpha value is -0.990. The third-order valence-corrected chi connectivity index (χ3v) is 4.34. The van der Waals surface area contributed by atoms with E-state index < -0.39 is 0 Å². The summed E-state index contributed by atoms with van der Waals surface area (Å²) in [6.45, 7) is 8.01. The van der Waals surface area contributed by atoms with Crippen molar-refractivity contribution in [1.29, 1.82) is 0 Å². The van der Waals surface area contributed by atoms with Crippen molar-refractivity contribution in [2.24, 2.45) is 5.92 Å². The van der Waals surface area contributed by atoms with E-state index in [4.69, 9.17) is 4.74 Å². The van der Waals surface area contributed by atoms with E-state index in [0.717, 1.165) is 45.2 Å². The van der Waals surface area contributed by atoms with Gasteiger partial charge in [0.2, 0.25) is 0 Å². The first-order valence-corrected chi connectivity index (χ1v) is 7.12. The Labute approximate surface area is 110 Å². The van der Waals surface area contributed by atoms with Crippen molar-refractivity contribution in [2.45, 2.75) is 58.5 Å². The van der Waals surface area contributed by atoms with Crippen LogP contribution in [0.3, 0.4) is 0 Å². The maximum Gasteiger partial charge on any atom is 0.410 e. The van der Waals surface area contributed by atoms with Crippen molar-refractivity contribution in [1.82, 2.24) is 4.90 Å². The fraction of sp³-hybridized carbons (Fsp3) is 0.800. The molecule has 0 spiro atoms. The average molecular weight is 251 g/mol. The largest absolute Gasteiger partial charge is 0.443 e. The number of ether oxygens (including phenoxy) is 1. The summed E-state index contributed by atoms with van der Waals surface area (Å²) in [5.74, 6) is 0.452. The molecule has 2 aliphatic rings. The number of carbonyl (C=O) groups excluding carboxylic acids is 1. The SMILES string of the molecule is CC1=CCC(C(C)(C)OC(=O)N2CCCC2)CC1. The smallest absolute Gasteiger partial charge is 0.410 e. The molecular formula is C15H25NO2. The molecule has 0 saturated carbocycles. The minimum atomic E-state index is -0.350. The molecule has 18 heavy (non-hydrogen) atoms. The zero-order chi connectivity index (χ0) is 13.2. The summed E-state index contributed by atoms with van der Waals surface area (Å²) in [7, 11) is 0. The summed E-state index contributed by atoms with van der Waals surface area (Å²) in [5.41, 5.74) is 1.12. The fourth-order valence-corrected chi connectivity index (χ4v) is 2.87. The van der Waals surface area contributed by atoms with E-state index in [-0.39, 0.29) is 11.7 Å². The Morgan fingerprint density at radius 1 is 1.39 bits per heavy atom. The second kappa shape index (κ2) is 5.33. The first kappa shape index (κ1) is 13.4. The van der Waals surface area contributed by atoms with Gasteiger partial charge in [-0.05, 0) is 52.9 Å². The lowest BCUT2D eigenvalue weighted by atomic mass is 9.79. The number of allylic oxidation sites excluding steroid dienone is 2. The number of hydrogen-bond donors (Lipinski definition) is 0. The standard InChI is InChI=1S/C15H25NO2/c1-12-6-8-13(9-7-12)15(2,3)18-14(17)16-10-4-5-11-16/h6,13H,4-5,7-11H2,1-3H3. The molecule has 0 N–H and O–H groups in total. The van der Waals surface area contributed by atoms with Crippen molar-refractivity contribution >= 4 is 6.09 Å². The van der Waals surface area contributed by atoms with Gasteiger partial charge in [0.15, 0.2) is 0 Å². The zero-order valence-electron chi connectivity index (χ0n) is 11.9. The molecule has 1 saturated heterocycles. The lowest BCUT2D eigenvalue weighted by molar-refractivity contribution is -0.0247. The van der Waals surface area contributed by atoms with Crippen molar-refractivity contribution < 1.29 is 9.53 Å². The van der Waals surface area contributed by atoms with Gasteiger partial charge in [0, 0.05) is 19.0 Å². The van der Waals surface area contributed by atoms with Crippen LogP contribution < -0.4 is 0 Å². The molecule has 1 amide bonds. The molecule has 3 nitrogen and oxygen atoms in total. The van der Waals surface area contributed by atoms with E-state index in [1.54, 1.807) is 0 Å². The zero-order valence-corrected chi connectivity index (χ0v) is 11.9. The Bertz CT molecular complexity index is 340. The summed E-state index contributed by atoms with van der Waals surface area (Å²) < 4.78 is 5.75. The summed E-state index contributed by atoms with van der Waals surface area (Å²) in [4.78, 5) is 13.9. The molecule has 0 aromatic heterocycles. The molecule has 3 heteroatoms. The van der Waals surface area contributed by atoms with Gasteiger partial charge in [-0.1, -0.05) is 11.6 Å². The maximum absolute atomic E-state index is 12.1. The van der Waals surface area contributed by atoms with Crippen LogP contribution in [-0.2, 0) is 4.74 Å². The first-order valence-electron chi connectivity index (χ1n) is 7.12. The van der Waals surface area contributed by atoms with Crippen LogP contribution in [0.5, 0.6) is 0 Å². The monoisotopic (exact) mass is 251 g/mol. The molecule has 1 fully saturated rings. The van der Waals surface area contributed by atoms with Gasteiger partial charge in [0.25, 0.3) is 0 Å². The Balaban J connectivity index is 1.92. The van der Waals surface area contributed by atoms with Gasteiger partial charge in [-0.25, -0.2) is 4.79 Å². The minimum Gasteiger partial charge on any atom is -0.443 e. The Morgan fingerprint density at radius 2 is 2.06 bits per heavy atom. The molecule has 102 valence electrons. The van der Waals surface area contributed by atoms with Crippen LogP contribution in [0.1, 0.15) is 52.9 Å². The van der Waals surface area contributed by atoms with E-state index in [9.17, 15) is 4.79 Å². The molecule has 0 bridgehead atoms. The summed E-state index contributed by atoms with van der Waals surface area (Å²) in [6.07, 6.45) is 7.69. The first-order chi connectivity index (χ1) is 8.49. The van der Waals surface area contributed by atoms with E-state index >= 15 is 0 Å². The summed E-state index contributed by atoms with van der Waals surface area (Å²) in [6, 6.07) is 0. The number of likely N-dealkylation sites (tertiary alicyclic amines) is 1. The maximum atomic E-state index is 12.1. The molecule has 1 unspecified atom stereocenters. The predicted molar refractivity (Wildman–Crippen MR) is 72.5 cm³/mol. The molecular weight excluding hydrogens is 226 g/mol. The Kier molecular flexibility index (Phi) is 3.98. The highest BCUT2D eigenvalue weighted by Gasteiger charge is 2.35. The second-order valence-electron chi connectivity index (χ2n) is 6.19. The average Bonchev–Trinajstić information content (AvgIpc) is 2.82. The molecule has 1 aliphatic carbocycles. The van der Waals surface area contributed by atoms with Crippen LogP contribution in [0, 0.1) is 5.92 Å². The van der Waals surface area contributed by atoms with Gasteiger partial charge in [-0.2, -0.15) is 0 Å². The molecule has 1 heterocycles. The van der Waals surface area contributed by atoms with Gasteiger partial charge < -0.3 is 9.64 Å². The number of nitrogens with zero attached hydrogens (tertiary/aromatic N) is 1. The van der Waals surface area contributed by atoms with E-state index in [1.807, 2.05) is 4.90 Å². The number of carbonyl (C=O) groups is 1. The van der Waals surface area contributed by atoms with Crippen molar-refractivity contribution in [3.05, 3.63) is 11.6 Å². The third-order valence-electron chi connectivity index (χ3n) is 4.34. The van der Waals surface area contributed by atoms with Gasteiger partial charge in [-0.3, -0.25) is 0 Å². The van der Waals surface area contributed by atoms with Crippen LogP contribution in [0.15, 0.2) is 11.6 Å². The quantitative estimate of drug-likeness (QED) is 0.700. The molecule has 2 rings (SSSR count). The van der Waals surface area contributed by atoms with E-state index in [2.05, 4.69) is 26.8 Å². The van der Waals surface area contributed by atoms with Gasteiger partial charge in [0.1, 0.15) is 5.60 Å². The van der Waals surface area contributed by atoms with Crippen LogP contribution >= 0.6 is 0 Å². The molecule has 0 aromatic carbocycles. The fourth-order valence-electron chi connectivity index (χ4n) is 2.87. The van der Waals surface area contributed by atoms with E-state index in [0.29, 0.717) is 5.92 Å². The highest BCUT2D eigenvalue weighted by Crippen LogP contribution is 2.34. The predicted octanol–water partition coefficient (Wildman–Crippen LogP) is 3.74. The number of amides is 1. The molecule has 0 aromatic rings. The third kappa shape index (κ3) is 3.06. The lowest BCUT2D eigenvalue weighted by Gasteiger charge is -2.36. The van der Waals surface area contributed by atoms with Crippen molar-refractivity contribution in [2.75, 3.05) is 13.1 Å². The summed E-state index contributed by atoms with van der Waals surface area (Å²) in [5, 5.41) is 0. The molecule has 0 radical (unpaired) electrons. The van der Waals surface area contributed by atoms with Gasteiger partial charge in [0.05, 0.1) is 0 Å². The van der Waals surface area contributed by atoms with E-state index in [1.165, 1.54) is 5.57 Å². The second-order valence-corrected chi connectivity index (χ2v) is 6.19. The van der Waals surface area contributed by atoms with Crippen molar-refractivity contribution in [3.8, 4) is 0 Å².